The SMILES string of the molecule is CCC(NCc1nccn1C)c1nc(C(F)(F)F)cs1. The number of nitrogens with zero attached hydrogens (tertiary/aromatic N) is 3. The van der Waals surface area contributed by atoms with Gasteiger partial charge in [0.25, 0.3) is 0 Å². The van der Waals surface area contributed by atoms with E-state index in [9.17, 15) is 13.2 Å². The maximum absolute atomic E-state index is 12.5. The number of aryl methyl sites for hydroxylation is 1. The first-order chi connectivity index (χ1) is 9.41. The highest BCUT2D eigenvalue weighted by molar-refractivity contribution is 7.09. The molecule has 1 unspecified atom stereocenters. The highest BCUT2D eigenvalue weighted by Crippen LogP contribution is 2.32. The Labute approximate surface area is 118 Å². The predicted octanol–water partition coefficient (Wildman–Crippen LogP) is 3.14. The van der Waals surface area contributed by atoms with Crippen LogP contribution in [0, 0.1) is 0 Å². The number of halogens is 3. The van der Waals surface area contributed by atoms with Crippen molar-refractivity contribution < 1.29 is 13.2 Å². The molecule has 2 aromatic heterocycles. The maximum atomic E-state index is 12.5. The lowest BCUT2D eigenvalue weighted by atomic mass is 10.2. The Morgan fingerprint density at radius 1 is 1.45 bits per heavy atom. The normalized spacial score (nSPS) is 13.7. The van der Waals surface area contributed by atoms with E-state index in [-0.39, 0.29) is 6.04 Å². The van der Waals surface area contributed by atoms with Gasteiger partial charge in [0.1, 0.15) is 10.8 Å². The van der Waals surface area contributed by atoms with Crippen LogP contribution in [0.15, 0.2) is 17.8 Å². The summed E-state index contributed by atoms with van der Waals surface area (Å²) in [6.45, 7) is 2.40. The molecule has 0 aromatic carbocycles. The molecule has 0 aliphatic carbocycles. The van der Waals surface area contributed by atoms with Crippen molar-refractivity contribution in [2.75, 3.05) is 0 Å². The molecule has 0 aliphatic heterocycles. The number of alkyl halides is 3. The smallest absolute Gasteiger partial charge is 0.337 e. The molecule has 8 heteroatoms. The minimum Gasteiger partial charge on any atom is -0.337 e. The Hall–Kier alpha value is -1.41. The van der Waals surface area contributed by atoms with Gasteiger partial charge in [-0.1, -0.05) is 6.92 Å². The second kappa shape index (κ2) is 5.92. The Morgan fingerprint density at radius 2 is 2.20 bits per heavy atom. The number of hydrogen-bond donors (Lipinski definition) is 1. The van der Waals surface area contributed by atoms with Crippen LogP contribution in [0.2, 0.25) is 0 Å². The van der Waals surface area contributed by atoms with Gasteiger partial charge in [0.2, 0.25) is 0 Å². The summed E-state index contributed by atoms with van der Waals surface area (Å²) < 4.78 is 39.5. The Morgan fingerprint density at radius 3 is 2.70 bits per heavy atom. The van der Waals surface area contributed by atoms with E-state index in [1.807, 2.05) is 24.7 Å². The summed E-state index contributed by atoms with van der Waals surface area (Å²) >= 11 is 1.03. The lowest BCUT2D eigenvalue weighted by Gasteiger charge is -2.14. The second-order valence-corrected chi connectivity index (χ2v) is 5.25. The number of thiazole rings is 1. The third-order valence-corrected chi connectivity index (χ3v) is 3.90. The van der Waals surface area contributed by atoms with Gasteiger partial charge in [-0.05, 0) is 6.42 Å². The van der Waals surface area contributed by atoms with Crippen molar-refractivity contribution in [3.8, 4) is 0 Å². The lowest BCUT2D eigenvalue weighted by molar-refractivity contribution is -0.140. The van der Waals surface area contributed by atoms with Gasteiger partial charge in [-0.25, -0.2) is 9.97 Å². The molecular formula is C12H15F3N4S. The molecule has 110 valence electrons. The zero-order valence-electron chi connectivity index (χ0n) is 11.1. The molecule has 1 atom stereocenters. The van der Waals surface area contributed by atoms with Crippen LogP contribution in [0.5, 0.6) is 0 Å². The number of imidazole rings is 1. The molecule has 0 fully saturated rings. The standard InChI is InChI=1S/C12H15F3N4S/c1-3-8(17-6-10-16-4-5-19(10)2)11-18-9(7-20-11)12(13,14)15/h4-5,7-8,17H,3,6H2,1-2H3. The van der Waals surface area contributed by atoms with Crippen LogP contribution < -0.4 is 5.32 Å². The van der Waals surface area contributed by atoms with Crippen LogP contribution in [0.25, 0.3) is 0 Å². The Balaban J connectivity index is 2.05. The monoisotopic (exact) mass is 304 g/mol. The van der Waals surface area contributed by atoms with E-state index in [4.69, 9.17) is 0 Å². The topological polar surface area (TPSA) is 42.7 Å². The summed E-state index contributed by atoms with van der Waals surface area (Å²) in [4.78, 5) is 7.84. The van der Waals surface area contributed by atoms with Crippen LogP contribution in [-0.4, -0.2) is 14.5 Å². The molecule has 0 amide bonds. The third kappa shape index (κ3) is 3.37. The zero-order valence-corrected chi connectivity index (χ0v) is 11.9. The molecule has 2 aromatic rings. The maximum Gasteiger partial charge on any atom is 0.434 e. The lowest BCUT2D eigenvalue weighted by Crippen LogP contribution is -2.22. The largest absolute Gasteiger partial charge is 0.434 e. The van der Waals surface area contributed by atoms with E-state index in [0.717, 1.165) is 22.5 Å². The molecule has 0 spiro atoms. The second-order valence-electron chi connectivity index (χ2n) is 4.36. The summed E-state index contributed by atoms with van der Waals surface area (Å²) in [6, 6.07) is -0.201. The van der Waals surface area contributed by atoms with Gasteiger partial charge >= 0.3 is 6.18 Å². The first-order valence-corrected chi connectivity index (χ1v) is 7.02. The fourth-order valence-corrected chi connectivity index (χ4v) is 2.75. The summed E-state index contributed by atoms with van der Waals surface area (Å²) in [5.41, 5.74) is -0.824. The minimum atomic E-state index is -4.38. The van der Waals surface area contributed by atoms with E-state index in [2.05, 4.69) is 15.3 Å². The van der Waals surface area contributed by atoms with Gasteiger partial charge in [0.05, 0.1) is 12.6 Å². The van der Waals surface area contributed by atoms with E-state index in [1.165, 1.54) is 0 Å². The molecule has 2 heterocycles. The van der Waals surface area contributed by atoms with E-state index >= 15 is 0 Å². The molecule has 20 heavy (non-hydrogen) atoms. The fourth-order valence-electron chi connectivity index (χ4n) is 1.77. The number of aromatic nitrogens is 3. The van der Waals surface area contributed by atoms with E-state index in [0.29, 0.717) is 18.0 Å². The molecule has 4 nitrogen and oxygen atoms in total. The number of nitrogens with one attached hydrogen (secondary N) is 1. The van der Waals surface area contributed by atoms with Crippen molar-refractivity contribution in [1.29, 1.82) is 0 Å². The third-order valence-electron chi connectivity index (χ3n) is 2.95. The first kappa shape index (κ1) is 15.0. The van der Waals surface area contributed by atoms with Crippen molar-refractivity contribution in [2.45, 2.75) is 32.1 Å². The van der Waals surface area contributed by atoms with Crippen LogP contribution >= 0.6 is 11.3 Å². The van der Waals surface area contributed by atoms with Gasteiger partial charge in [-0.15, -0.1) is 11.3 Å². The van der Waals surface area contributed by atoms with Crippen molar-refractivity contribution in [3.05, 3.63) is 34.3 Å². The van der Waals surface area contributed by atoms with Crippen LogP contribution in [0.3, 0.4) is 0 Å². The van der Waals surface area contributed by atoms with Crippen LogP contribution in [0.1, 0.15) is 35.9 Å². The zero-order chi connectivity index (χ0) is 14.8. The molecule has 2 rings (SSSR count). The summed E-state index contributed by atoms with van der Waals surface area (Å²) in [7, 11) is 1.87. The molecule has 0 aliphatic rings. The summed E-state index contributed by atoms with van der Waals surface area (Å²) in [5.74, 6) is 0.830. The van der Waals surface area contributed by atoms with Crippen molar-refractivity contribution in [3.63, 3.8) is 0 Å². The van der Waals surface area contributed by atoms with Gasteiger partial charge in [0.15, 0.2) is 5.69 Å². The average Bonchev–Trinajstić information content (AvgIpc) is 2.99. The number of rotatable bonds is 5. The Bertz CT molecular complexity index is 561. The Kier molecular flexibility index (Phi) is 4.44. The molecule has 0 saturated carbocycles. The molecule has 1 N–H and O–H groups in total. The molecule has 0 radical (unpaired) electrons. The van der Waals surface area contributed by atoms with Gasteiger partial charge < -0.3 is 9.88 Å². The van der Waals surface area contributed by atoms with Crippen LogP contribution in [0.4, 0.5) is 13.2 Å². The van der Waals surface area contributed by atoms with Gasteiger partial charge in [-0.3, -0.25) is 0 Å². The molecule has 0 saturated heterocycles. The highest BCUT2D eigenvalue weighted by atomic mass is 32.1. The first-order valence-electron chi connectivity index (χ1n) is 6.14. The van der Waals surface area contributed by atoms with Gasteiger partial charge in [0, 0.05) is 24.8 Å². The fraction of sp³-hybridized carbons (Fsp3) is 0.500. The summed E-state index contributed by atoms with van der Waals surface area (Å²) in [6.07, 6.45) is -0.214. The van der Waals surface area contributed by atoms with E-state index < -0.39 is 11.9 Å². The predicted molar refractivity (Wildman–Crippen MR) is 70.2 cm³/mol. The van der Waals surface area contributed by atoms with Gasteiger partial charge in [-0.2, -0.15) is 13.2 Å². The van der Waals surface area contributed by atoms with E-state index in [1.54, 1.807) is 6.20 Å². The average molecular weight is 304 g/mol. The van der Waals surface area contributed by atoms with Crippen molar-refractivity contribution >= 4 is 11.3 Å². The van der Waals surface area contributed by atoms with Crippen molar-refractivity contribution in [2.24, 2.45) is 7.05 Å². The highest BCUT2D eigenvalue weighted by Gasteiger charge is 2.34. The minimum absolute atomic E-state index is 0.201. The van der Waals surface area contributed by atoms with Crippen molar-refractivity contribution in [1.82, 2.24) is 19.9 Å². The quantitative estimate of drug-likeness (QED) is 0.923. The molecular weight excluding hydrogens is 289 g/mol. The van der Waals surface area contributed by atoms with Crippen LogP contribution in [-0.2, 0) is 19.8 Å². The summed E-state index contributed by atoms with van der Waals surface area (Å²) in [5, 5.41) is 4.70. The number of hydrogen-bond acceptors (Lipinski definition) is 4. The molecule has 0 bridgehead atoms.